The lowest BCUT2D eigenvalue weighted by Gasteiger charge is -2.25. The maximum atomic E-state index is 5.84. The van der Waals surface area contributed by atoms with Crippen molar-refractivity contribution in [3.8, 4) is 11.5 Å². The minimum Gasteiger partial charge on any atom is -0.493 e. The number of nitrogens with zero attached hydrogens (tertiary/aromatic N) is 2. The lowest BCUT2D eigenvalue weighted by molar-refractivity contribution is 0.0258. The average Bonchev–Trinajstić information content (AvgIpc) is 2.72. The van der Waals surface area contributed by atoms with Crippen LogP contribution in [0.2, 0.25) is 0 Å². The fourth-order valence-electron chi connectivity index (χ4n) is 3.30. The molecule has 0 heterocycles. The van der Waals surface area contributed by atoms with Gasteiger partial charge < -0.3 is 29.7 Å². The van der Waals surface area contributed by atoms with Crippen LogP contribution in [0.4, 0.5) is 0 Å². The molecule has 0 aromatic heterocycles. The second-order valence-electron chi connectivity index (χ2n) is 7.77. The van der Waals surface area contributed by atoms with Gasteiger partial charge in [0.2, 0.25) is 0 Å². The molecule has 1 rings (SSSR count). The predicted molar refractivity (Wildman–Crippen MR) is 140 cm³/mol. The maximum absolute atomic E-state index is 5.84. The monoisotopic (exact) mass is 550 g/mol. The molecule has 1 aromatic rings. The number of nitrogens with one attached hydrogen (secondary N) is 2. The SMILES string of the molecule is CCNC(=NCC(c1ccc(OC)c(OC)c1)N(C)C)NCCC(OCC)C(C)C.I. The van der Waals surface area contributed by atoms with Crippen LogP contribution < -0.4 is 20.1 Å². The van der Waals surface area contributed by atoms with Gasteiger partial charge in [0.15, 0.2) is 17.5 Å². The molecule has 0 saturated heterocycles. The van der Waals surface area contributed by atoms with Crippen LogP contribution in [0.1, 0.15) is 45.7 Å². The molecule has 2 unspecified atom stereocenters. The molecule has 0 fully saturated rings. The Kier molecular flexibility index (Phi) is 15.7. The van der Waals surface area contributed by atoms with E-state index >= 15 is 0 Å². The summed E-state index contributed by atoms with van der Waals surface area (Å²) >= 11 is 0. The van der Waals surface area contributed by atoms with E-state index in [1.165, 1.54) is 0 Å². The van der Waals surface area contributed by atoms with Crippen molar-refractivity contribution in [2.45, 2.75) is 46.3 Å². The van der Waals surface area contributed by atoms with Gasteiger partial charge >= 0.3 is 0 Å². The minimum absolute atomic E-state index is 0. The highest BCUT2D eigenvalue weighted by Gasteiger charge is 2.17. The number of ether oxygens (including phenoxy) is 3. The molecule has 0 aliphatic carbocycles. The Morgan fingerprint density at radius 2 is 1.74 bits per heavy atom. The van der Waals surface area contributed by atoms with E-state index in [2.05, 4.69) is 56.5 Å². The first-order valence-electron chi connectivity index (χ1n) is 10.9. The van der Waals surface area contributed by atoms with E-state index in [4.69, 9.17) is 19.2 Å². The average molecular weight is 551 g/mol. The third-order valence-electron chi connectivity index (χ3n) is 5.03. The molecule has 0 aliphatic rings. The fraction of sp³-hybridized carbons (Fsp3) is 0.696. The van der Waals surface area contributed by atoms with Crippen molar-refractivity contribution in [3.05, 3.63) is 23.8 Å². The van der Waals surface area contributed by atoms with Crippen molar-refractivity contribution in [3.63, 3.8) is 0 Å². The highest BCUT2D eigenvalue weighted by Crippen LogP contribution is 2.31. The zero-order valence-corrected chi connectivity index (χ0v) is 22.9. The van der Waals surface area contributed by atoms with E-state index in [1.807, 2.05) is 19.1 Å². The van der Waals surface area contributed by atoms with Gasteiger partial charge in [0.1, 0.15) is 0 Å². The lowest BCUT2D eigenvalue weighted by Crippen LogP contribution is -2.40. The number of halogens is 1. The Bertz CT molecular complexity index is 641. The van der Waals surface area contributed by atoms with Crippen LogP contribution in [0.5, 0.6) is 11.5 Å². The summed E-state index contributed by atoms with van der Waals surface area (Å²) in [5.41, 5.74) is 1.13. The third kappa shape index (κ3) is 10.3. The van der Waals surface area contributed by atoms with Crippen molar-refractivity contribution in [2.75, 3.05) is 54.6 Å². The third-order valence-corrected chi connectivity index (χ3v) is 5.03. The molecular weight excluding hydrogens is 507 g/mol. The van der Waals surface area contributed by atoms with Crippen LogP contribution in [0, 0.1) is 5.92 Å². The predicted octanol–water partition coefficient (Wildman–Crippen LogP) is 3.93. The topological polar surface area (TPSA) is 67.4 Å². The number of rotatable bonds is 13. The van der Waals surface area contributed by atoms with Gasteiger partial charge in [-0.15, -0.1) is 24.0 Å². The van der Waals surface area contributed by atoms with Gasteiger partial charge in [0, 0.05) is 19.7 Å². The zero-order chi connectivity index (χ0) is 22.5. The molecule has 0 radical (unpaired) electrons. The summed E-state index contributed by atoms with van der Waals surface area (Å²) in [5, 5.41) is 6.79. The smallest absolute Gasteiger partial charge is 0.191 e. The fourth-order valence-corrected chi connectivity index (χ4v) is 3.30. The van der Waals surface area contributed by atoms with Crippen LogP contribution in [-0.2, 0) is 4.74 Å². The van der Waals surface area contributed by atoms with Crippen molar-refractivity contribution in [2.24, 2.45) is 10.9 Å². The Morgan fingerprint density at radius 3 is 2.26 bits per heavy atom. The van der Waals surface area contributed by atoms with E-state index in [9.17, 15) is 0 Å². The number of guanidine groups is 1. The first-order valence-corrected chi connectivity index (χ1v) is 10.9. The molecule has 0 aliphatic heterocycles. The summed E-state index contributed by atoms with van der Waals surface area (Å²) in [6, 6.07) is 6.15. The van der Waals surface area contributed by atoms with Crippen molar-refractivity contribution in [1.82, 2.24) is 15.5 Å². The van der Waals surface area contributed by atoms with E-state index in [0.717, 1.165) is 49.1 Å². The minimum atomic E-state index is 0. The normalized spacial score (nSPS) is 13.5. The first kappa shape index (κ1) is 29.7. The molecule has 2 atom stereocenters. The van der Waals surface area contributed by atoms with E-state index < -0.39 is 0 Å². The largest absolute Gasteiger partial charge is 0.493 e. The van der Waals surface area contributed by atoms with Crippen LogP contribution in [0.3, 0.4) is 0 Å². The van der Waals surface area contributed by atoms with Gasteiger partial charge in [-0.25, -0.2) is 0 Å². The van der Waals surface area contributed by atoms with Crippen LogP contribution in [0.25, 0.3) is 0 Å². The van der Waals surface area contributed by atoms with E-state index in [1.54, 1.807) is 14.2 Å². The molecule has 0 amide bonds. The molecule has 7 nitrogen and oxygen atoms in total. The highest BCUT2D eigenvalue weighted by molar-refractivity contribution is 14.0. The van der Waals surface area contributed by atoms with Gasteiger partial charge in [0.25, 0.3) is 0 Å². The van der Waals surface area contributed by atoms with Crippen LogP contribution >= 0.6 is 24.0 Å². The summed E-state index contributed by atoms with van der Waals surface area (Å²) in [6.07, 6.45) is 1.20. The van der Waals surface area contributed by atoms with Gasteiger partial charge in [-0.3, -0.25) is 4.99 Å². The molecule has 0 bridgehead atoms. The molecule has 0 spiro atoms. The number of methoxy groups -OCH3 is 2. The lowest BCUT2D eigenvalue weighted by atomic mass is 10.0. The Hall–Kier alpha value is -1.26. The summed E-state index contributed by atoms with van der Waals surface area (Å²) in [4.78, 5) is 7.00. The summed E-state index contributed by atoms with van der Waals surface area (Å²) in [6.45, 7) is 11.5. The number of benzene rings is 1. The molecule has 0 saturated carbocycles. The van der Waals surface area contributed by atoms with Crippen LogP contribution in [-0.4, -0.2) is 71.5 Å². The van der Waals surface area contributed by atoms with E-state index in [-0.39, 0.29) is 36.1 Å². The Labute approximate surface area is 206 Å². The molecule has 2 N–H and O–H groups in total. The van der Waals surface area contributed by atoms with Crippen molar-refractivity contribution < 1.29 is 14.2 Å². The quantitative estimate of drug-likeness (QED) is 0.221. The number of hydrogen-bond donors (Lipinski definition) is 2. The standard InChI is InChI=1S/C23H42N4O3.HI/c1-9-24-23(25-14-13-20(17(3)4)30-10-2)26-16-19(27(5)6)18-11-12-21(28-7)22(15-18)29-8;/h11-12,15,17,19-20H,9-10,13-14,16H2,1-8H3,(H2,24,25,26);1H. The molecule has 31 heavy (non-hydrogen) atoms. The first-order chi connectivity index (χ1) is 14.4. The molecular formula is C23H43IN4O3. The molecule has 1 aromatic carbocycles. The second-order valence-corrected chi connectivity index (χ2v) is 7.77. The Morgan fingerprint density at radius 1 is 1.06 bits per heavy atom. The highest BCUT2D eigenvalue weighted by atomic mass is 127. The number of hydrogen-bond acceptors (Lipinski definition) is 5. The number of likely N-dealkylation sites (N-methyl/N-ethyl adjacent to an activating group) is 1. The maximum Gasteiger partial charge on any atom is 0.191 e. The van der Waals surface area contributed by atoms with Gasteiger partial charge in [0.05, 0.1) is 32.9 Å². The second kappa shape index (κ2) is 16.4. The van der Waals surface area contributed by atoms with Gasteiger partial charge in [-0.05, 0) is 58.0 Å². The molecule has 8 heteroatoms. The zero-order valence-electron chi connectivity index (χ0n) is 20.5. The van der Waals surface area contributed by atoms with Crippen LogP contribution in [0.15, 0.2) is 23.2 Å². The molecule has 180 valence electrons. The van der Waals surface area contributed by atoms with Gasteiger partial charge in [-0.1, -0.05) is 19.9 Å². The summed E-state index contributed by atoms with van der Waals surface area (Å²) in [7, 11) is 7.43. The number of aliphatic imine (C=N–C) groups is 1. The summed E-state index contributed by atoms with van der Waals surface area (Å²) in [5.74, 6) is 2.77. The van der Waals surface area contributed by atoms with Crippen molar-refractivity contribution >= 4 is 29.9 Å². The van der Waals surface area contributed by atoms with Gasteiger partial charge in [-0.2, -0.15) is 0 Å². The Balaban J connectivity index is 0.00000900. The summed E-state index contributed by atoms with van der Waals surface area (Å²) < 4.78 is 16.7. The van der Waals surface area contributed by atoms with Crippen molar-refractivity contribution in [1.29, 1.82) is 0 Å². The van der Waals surface area contributed by atoms with E-state index in [0.29, 0.717) is 12.5 Å².